The Morgan fingerprint density at radius 1 is 1.30 bits per heavy atom. The van der Waals surface area contributed by atoms with Gasteiger partial charge in [-0.1, -0.05) is 17.4 Å². The fourth-order valence-electron chi connectivity index (χ4n) is 3.80. The molecule has 30 heavy (non-hydrogen) atoms. The van der Waals surface area contributed by atoms with Crippen molar-refractivity contribution in [3.63, 3.8) is 0 Å². The molecule has 2 N–H and O–H groups in total. The molecule has 3 aromatic rings. The highest BCUT2D eigenvalue weighted by Crippen LogP contribution is 2.41. The van der Waals surface area contributed by atoms with E-state index in [1.807, 2.05) is 44.2 Å². The van der Waals surface area contributed by atoms with E-state index in [0.717, 1.165) is 40.1 Å². The van der Waals surface area contributed by atoms with Crippen LogP contribution >= 0.6 is 11.3 Å². The lowest BCUT2D eigenvalue weighted by Gasteiger charge is -2.30. The SMILES string of the molecule is CC1(C)Cc2nc(N3CCOc4ccc(NCc5ccccn5)cc43)sc2C(=O)N1. The lowest BCUT2D eigenvalue weighted by atomic mass is 9.94. The van der Waals surface area contributed by atoms with Crippen molar-refractivity contribution >= 4 is 33.8 Å². The van der Waals surface area contributed by atoms with Crippen molar-refractivity contribution in [2.75, 3.05) is 23.4 Å². The van der Waals surface area contributed by atoms with Crippen LogP contribution in [0.1, 0.15) is 34.9 Å². The largest absolute Gasteiger partial charge is 0.490 e. The van der Waals surface area contributed by atoms with E-state index in [1.54, 1.807) is 6.20 Å². The minimum atomic E-state index is -0.277. The number of pyridine rings is 1. The second kappa shape index (κ2) is 7.28. The standard InChI is InChI=1S/C22H23N5O2S/c1-22(2)12-16-19(20(28)26-22)30-21(25-16)27-9-10-29-18-7-6-14(11-17(18)27)24-13-15-5-3-4-8-23-15/h3-8,11,24H,9-10,12-13H2,1-2H3,(H,26,28). The van der Waals surface area contributed by atoms with Crippen LogP contribution in [-0.4, -0.2) is 34.6 Å². The van der Waals surface area contributed by atoms with Gasteiger partial charge in [-0.05, 0) is 44.2 Å². The van der Waals surface area contributed by atoms with Crippen molar-refractivity contribution < 1.29 is 9.53 Å². The van der Waals surface area contributed by atoms with E-state index in [4.69, 9.17) is 9.72 Å². The number of fused-ring (bicyclic) bond motifs is 2. The summed E-state index contributed by atoms with van der Waals surface area (Å²) in [6.07, 6.45) is 2.52. The van der Waals surface area contributed by atoms with Crippen LogP contribution in [0, 0.1) is 0 Å². The Hall–Kier alpha value is -3.13. The molecule has 1 aromatic carbocycles. The number of rotatable bonds is 4. The first-order valence-electron chi connectivity index (χ1n) is 9.99. The number of amides is 1. The lowest BCUT2D eigenvalue weighted by Crippen LogP contribution is -2.48. The molecule has 0 atom stereocenters. The van der Waals surface area contributed by atoms with Crippen molar-refractivity contribution in [1.29, 1.82) is 0 Å². The van der Waals surface area contributed by atoms with Crippen LogP contribution in [0.4, 0.5) is 16.5 Å². The zero-order chi connectivity index (χ0) is 20.7. The molecule has 1 amide bonds. The summed E-state index contributed by atoms with van der Waals surface area (Å²) in [5.41, 5.74) is 3.51. The van der Waals surface area contributed by atoms with Gasteiger partial charge < -0.3 is 20.3 Å². The lowest BCUT2D eigenvalue weighted by molar-refractivity contribution is 0.0901. The van der Waals surface area contributed by atoms with Crippen molar-refractivity contribution in [1.82, 2.24) is 15.3 Å². The number of hydrogen-bond donors (Lipinski definition) is 2. The summed E-state index contributed by atoms with van der Waals surface area (Å²) in [7, 11) is 0. The van der Waals surface area contributed by atoms with Gasteiger partial charge in [0.2, 0.25) is 0 Å². The van der Waals surface area contributed by atoms with Crippen molar-refractivity contribution in [2.45, 2.75) is 32.4 Å². The fraction of sp³-hybridized carbons (Fsp3) is 0.318. The minimum absolute atomic E-state index is 0.0377. The maximum atomic E-state index is 12.5. The quantitative estimate of drug-likeness (QED) is 0.668. The summed E-state index contributed by atoms with van der Waals surface area (Å²) in [5, 5.41) is 7.32. The van der Waals surface area contributed by atoms with Gasteiger partial charge in [-0.3, -0.25) is 9.78 Å². The first-order chi connectivity index (χ1) is 14.5. The second-order valence-corrected chi connectivity index (χ2v) is 9.12. The number of anilines is 3. The molecule has 154 valence electrons. The molecule has 5 rings (SSSR count). The Labute approximate surface area is 179 Å². The third kappa shape index (κ3) is 3.59. The van der Waals surface area contributed by atoms with Crippen LogP contribution in [0.15, 0.2) is 42.6 Å². The molecule has 8 heteroatoms. The molecule has 0 aliphatic carbocycles. The number of hydrogen-bond acceptors (Lipinski definition) is 7. The molecule has 0 bridgehead atoms. The minimum Gasteiger partial charge on any atom is -0.490 e. The summed E-state index contributed by atoms with van der Waals surface area (Å²) < 4.78 is 5.86. The summed E-state index contributed by atoms with van der Waals surface area (Å²) in [4.78, 5) is 24.6. The number of carbonyl (C=O) groups is 1. The third-order valence-corrected chi connectivity index (χ3v) is 6.33. The highest BCUT2D eigenvalue weighted by atomic mass is 32.1. The number of thiazole rings is 1. The van der Waals surface area contributed by atoms with Gasteiger partial charge >= 0.3 is 0 Å². The Morgan fingerprint density at radius 3 is 3.03 bits per heavy atom. The number of carbonyl (C=O) groups excluding carboxylic acids is 1. The molecule has 4 heterocycles. The van der Waals surface area contributed by atoms with E-state index < -0.39 is 0 Å². The number of ether oxygens (including phenoxy) is 1. The number of aromatic nitrogens is 2. The molecule has 0 unspecified atom stereocenters. The molecular weight excluding hydrogens is 398 g/mol. The van der Waals surface area contributed by atoms with E-state index >= 15 is 0 Å². The van der Waals surface area contributed by atoms with Gasteiger partial charge in [0.1, 0.15) is 17.2 Å². The zero-order valence-corrected chi connectivity index (χ0v) is 17.8. The van der Waals surface area contributed by atoms with Crippen LogP contribution in [0.5, 0.6) is 5.75 Å². The van der Waals surface area contributed by atoms with Gasteiger partial charge in [-0.25, -0.2) is 4.98 Å². The smallest absolute Gasteiger partial charge is 0.263 e. The molecule has 2 aliphatic rings. The maximum Gasteiger partial charge on any atom is 0.263 e. The van der Waals surface area contributed by atoms with Gasteiger partial charge in [0.15, 0.2) is 5.13 Å². The molecule has 0 spiro atoms. The molecule has 2 aromatic heterocycles. The zero-order valence-electron chi connectivity index (χ0n) is 16.9. The third-order valence-electron chi connectivity index (χ3n) is 5.21. The van der Waals surface area contributed by atoms with E-state index in [1.165, 1.54) is 11.3 Å². The first-order valence-corrected chi connectivity index (χ1v) is 10.8. The molecule has 0 saturated carbocycles. The van der Waals surface area contributed by atoms with Crippen molar-refractivity contribution in [3.8, 4) is 5.75 Å². The molecule has 0 fully saturated rings. The normalized spacial score (nSPS) is 16.9. The fourth-order valence-corrected chi connectivity index (χ4v) is 4.82. The average molecular weight is 422 g/mol. The van der Waals surface area contributed by atoms with Gasteiger partial charge in [-0.15, -0.1) is 0 Å². The van der Waals surface area contributed by atoms with E-state index in [0.29, 0.717) is 24.6 Å². The summed E-state index contributed by atoms with van der Waals surface area (Å²) >= 11 is 1.45. The Kier molecular flexibility index (Phi) is 4.58. The predicted molar refractivity (Wildman–Crippen MR) is 118 cm³/mol. The average Bonchev–Trinajstić information content (AvgIpc) is 3.15. The highest BCUT2D eigenvalue weighted by molar-refractivity contribution is 7.17. The van der Waals surface area contributed by atoms with E-state index in [-0.39, 0.29) is 11.4 Å². The molecule has 0 radical (unpaired) electrons. The van der Waals surface area contributed by atoms with E-state index in [9.17, 15) is 4.79 Å². The van der Waals surface area contributed by atoms with Gasteiger partial charge in [-0.2, -0.15) is 0 Å². The summed E-state index contributed by atoms with van der Waals surface area (Å²) in [5.74, 6) is 0.784. The van der Waals surface area contributed by atoms with Crippen LogP contribution in [-0.2, 0) is 13.0 Å². The van der Waals surface area contributed by atoms with Gasteiger partial charge in [0, 0.05) is 23.8 Å². The van der Waals surface area contributed by atoms with Gasteiger partial charge in [0.05, 0.1) is 30.2 Å². The number of benzene rings is 1. The van der Waals surface area contributed by atoms with Crippen LogP contribution in [0.25, 0.3) is 0 Å². The van der Waals surface area contributed by atoms with Crippen LogP contribution in [0.2, 0.25) is 0 Å². The Bertz CT molecular complexity index is 1100. The van der Waals surface area contributed by atoms with Crippen LogP contribution in [0.3, 0.4) is 0 Å². The Morgan fingerprint density at radius 2 is 2.20 bits per heavy atom. The molecule has 2 aliphatic heterocycles. The first kappa shape index (κ1) is 18.9. The molecule has 0 saturated heterocycles. The Balaban J connectivity index is 1.43. The van der Waals surface area contributed by atoms with Crippen LogP contribution < -0.4 is 20.3 Å². The van der Waals surface area contributed by atoms with E-state index in [2.05, 4.69) is 26.6 Å². The monoisotopic (exact) mass is 421 g/mol. The molecular formula is C22H23N5O2S. The predicted octanol–water partition coefficient (Wildman–Crippen LogP) is 3.75. The molecule has 7 nitrogen and oxygen atoms in total. The topological polar surface area (TPSA) is 79.4 Å². The summed E-state index contributed by atoms with van der Waals surface area (Å²) in [6, 6.07) is 11.9. The van der Waals surface area contributed by atoms with Crippen molar-refractivity contribution in [3.05, 3.63) is 58.9 Å². The number of nitrogens with one attached hydrogen (secondary N) is 2. The number of nitrogens with zero attached hydrogens (tertiary/aromatic N) is 3. The van der Waals surface area contributed by atoms with Gasteiger partial charge in [0.25, 0.3) is 5.91 Å². The highest BCUT2D eigenvalue weighted by Gasteiger charge is 2.34. The van der Waals surface area contributed by atoms with Crippen molar-refractivity contribution in [2.24, 2.45) is 0 Å². The maximum absolute atomic E-state index is 12.5. The second-order valence-electron chi connectivity index (χ2n) is 8.14. The summed E-state index contributed by atoms with van der Waals surface area (Å²) in [6.45, 7) is 5.96.